The van der Waals surface area contributed by atoms with E-state index < -0.39 is 0 Å². The Morgan fingerprint density at radius 3 is 1.84 bits per heavy atom. The van der Waals surface area contributed by atoms with Gasteiger partial charge in [0.15, 0.2) is 0 Å². The van der Waals surface area contributed by atoms with Crippen molar-refractivity contribution in [1.82, 2.24) is 0 Å². The Bertz CT molecular complexity index is 2530. The van der Waals surface area contributed by atoms with Crippen molar-refractivity contribution in [3.8, 4) is 33.4 Å². The van der Waals surface area contributed by atoms with Crippen molar-refractivity contribution in [2.24, 2.45) is 0 Å². The van der Waals surface area contributed by atoms with Gasteiger partial charge in [-0.25, -0.2) is 0 Å². The summed E-state index contributed by atoms with van der Waals surface area (Å²) in [5.74, 6) is 0. The molecule has 0 saturated carbocycles. The van der Waals surface area contributed by atoms with E-state index in [4.69, 9.17) is 4.42 Å². The highest BCUT2D eigenvalue weighted by Gasteiger charge is 2.20. The minimum Gasteiger partial charge on any atom is -0.456 e. The number of fused-ring (bicyclic) bond motifs is 7. The predicted octanol–water partition coefficient (Wildman–Crippen LogP) is 12.4. The van der Waals surface area contributed by atoms with E-state index >= 15 is 0 Å². The molecule has 0 amide bonds. The first kappa shape index (κ1) is 24.9. The van der Waals surface area contributed by atoms with Crippen LogP contribution in [0.3, 0.4) is 0 Å². The first-order chi connectivity index (χ1) is 21.7. The number of rotatable bonds is 3. The van der Waals surface area contributed by atoms with Gasteiger partial charge in [-0.1, -0.05) is 133 Å². The summed E-state index contributed by atoms with van der Waals surface area (Å²) in [6.07, 6.45) is 0. The maximum absolute atomic E-state index is 6.09. The smallest absolute Gasteiger partial charge is 0.135 e. The van der Waals surface area contributed by atoms with Crippen LogP contribution in [0.4, 0.5) is 0 Å². The van der Waals surface area contributed by atoms with Gasteiger partial charge in [0.25, 0.3) is 0 Å². The molecule has 0 N–H and O–H groups in total. The Labute approximate surface area is 255 Å². The highest BCUT2D eigenvalue weighted by molar-refractivity contribution is 6.28. The standard InChI is InChI=1S/C43H28O/c1-27-10-9-16-35-40(27)41(30-12-3-2-4-13-30)36-24-22-29-11-5-6-14-33(29)43(36)42(35)31-20-18-28(19-21-31)32-23-25-39-37(26-32)34-15-7-8-17-38(34)44-39/h2-26H,1H3. The summed E-state index contributed by atoms with van der Waals surface area (Å²) in [5, 5.41) is 10.0. The maximum Gasteiger partial charge on any atom is 0.135 e. The summed E-state index contributed by atoms with van der Waals surface area (Å²) in [6.45, 7) is 2.24. The van der Waals surface area contributed by atoms with Gasteiger partial charge in [-0.15, -0.1) is 0 Å². The summed E-state index contributed by atoms with van der Waals surface area (Å²) in [6, 6.07) is 54.9. The van der Waals surface area contributed by atoms with Crippen molar-refractivity contribution < 1.29 is 4.42 Å². The maximum atomic E-state index is 6.09. The van der Waals surface area contributed by atoms with Gasteiger partial charge >= 0.3 is 0 Å². The van der Waals surface area contributed by atoms with Crippen LogP contribution in [0.1, 0.15) is 5.56 Å². The lowest BCUT2D eigenvalue weighted by atomic mass is 9.82. The molecule has 0 unspecified atom stereocenters. The second kappa shape index (κ2) is 9.69. The Hall–Kier alpha value is -5.66. The molecule has 0 saturated heterocycles. The third kappa shape index (κ3) is 3.73. The van der Waals surface area contributed by atoms with Gasteiger partial charge in [-0.2, -0.15) is 0 Å². The fraction of sp³-hybridized carbons (Fsp3) is 0.0233. The first-order valence-electron chi connectivity index (χ1n) is 15.2. The zero-order valence-electron chi connectivity index (χ0n) is 24.3. The van der Waals surface area contributed by atoms with Gasteiger partial charge in [0.2, 0.25) is 0 Å². The van der Waals surface area contributed by atoms with Gasteiger partial charge in [0.05, 0.1) is 0 Å². The average molecular weight is 561 g/mol. The molecule has 9 rings (SSSR count). The lowest BCUT2D eigenvalue weighted by Gasteiger charge is -2.20. The molecule has 0 aliphatic rings. The molecule has 0 aliphatic heterocycles. The summed E-state index contributed by atoms with van der Waals surface area (Å²) < 4.78 is 6.09. The van der Waals surface area contributed by atoms with E-state index in [-0.39, 0.29) is 0 Å². The molecule has 0 spiro atoms. The van der Waals surface area contributed by atoms with E-state index in [1.165, 1.54) is 71.3 Å². The topological polar surface area (TPSA) is 13.1 Å². The number of hydrogen-bond acceptors (Lipinski definition) is 1. The summed E-state index contributed by atoms with van der Waals surface area (Å²) in [7, 11) is 0. The van der Waals surface area contributed by atoms with Crippen LogP contribution < -0.4 is 0 Å². The normalized spacial score (nSPS) is 11.8. The zero-order chi connectivity index (χ0) is 29.2. The molecule has 206 valence electrons. The lowest BCUT2D eigenvalue weighted by Crippen LogP contribution is -1.93. The highest BCUT2D eigenvalue weighted by Crippen LogP contribution is 2.47. The van der Waals surface area contributed by atoms with Crippen LogP contribution in [0.25, 0.3) is 87.6 Å². The number of aryl methyl sites for hydroxylation is 1. The molecular formula is C43H28O. The van der Waals surface area contributed by atoms with Crippen LogP contribution in [0, 0.1) is 6.92 Å². The first-order valence-corrected chi connectivity index (χ1v) is 15.2. The van der Waals surface area contributed by atoms with Gasteiger partial charge in [-0.3, -0.25) is 0 Å². The van der Waals surface area contributed by atoms with Crippen molar-refractivity contribution in [1.29, 1.82) is 0 Å². The molecule has 1 nitrogen and oxygen atoms in total. The fourth-order valence-corrected chi connectivity index (χ4v) is 7.17. The van der Waals surface area contributed by atoms with Crippen molar-refractivity contribution in [3.63, 3.8) is 0 Å². The monoisotopic (exact) mass is 560 g/mol. The van der Waals surface area contributed by atoms with Crippen molar-refractivity contribution >= 4 is 54.3 Å². The third-order valence-electron chi connectivity index (χ3n) is 9.19. The molecule has 9 aromatic rings. The average Bonchev–Trinajstić information content (AvgIpc) is 3.46. The number of hydrogen-bond donors (Lipinski definition) is 0. The minimum atomic E-state index is 0.922. The van der Waals surface area contributed by atoms with Crippen LogP contribution in [-0.4, -0.2) is 0 Å². The zero-order valence-corrected chi connectivity index (χ0v) is 24.3. The Kier molecular flexibility index (Phi) is 5.48. The van der Waals surface area contributed by atoms with Crippen molar-refractivity contribution in [2.45, 2.75) is 6.92 Å². The summed E-state index contributed by atoms with van der Waals surface area (Å²) >= 11 is 0. The van der Waals surface area contributed by atoms with Crippen molar-refractivity contribution in [3.05, 3.63) is 157 Å². The molecule has 0 aliphatic carbocycles. The van der Waals surface area contributed by atoms with E-state index in [1.807, 2.05) is 12.1 Å². The molecule has 1 aromatic heterocycles. The molecule has 0 bridgehead atoms. The van der Waals surface area contributed by atoms with Crippen LogP contribution >= 0.6 is 0 Å². The quantitative estimate of drug-likeness (QED) is 0.155. The Morgan fingerprint density at radius 1 is 0.364 bits per heavy atom. The van der Waals surface area contributed by atoms with Gasteiger partial charge in [-0.05, 0) is 96.4 Å². The molecule has 1 heteroatoms. The van der Waals surface area contributed by atoms with Gasteiger partial charge < -0.3 is 4.42 Å². The Balaban J connectivity index is 1.32. The van der Waals surface area contributed by atoms with Crippen LogP contribution in [-0.2, 0) is 0 Å². The highest BCUT2D eigenvalue weighted by atomic mass is 16.3. The molecule has 44 heavy (non-hydrogen) atoms. The van der Waals surface area contributed by atoms with Crippen LogP contribution in [0.15, 0.2) is 156 Å². The summed E-state index contributed by atoms with van der Waals surface area (Å²) in [4.78, 5) is 0. The van der Waals surface area contributed by atoms with E-state index in [9.17, 15) is 0 Å². The number of benzene rings is 8. The van der Waals surface area contributed by atoms with E-state index in [0.29, 0.717) is 0 Å². The molecular weight excluding hydrogens is 532 g/mol. The third-order valence-corrected chi connectivity index (χ3v) is 9.19. The van der Waals surface area contributed by atoms with E-state index in [0.717, 1.165) is 21.9 Å². The molecule has 8 aromatic carbocycles. The van der Waals surface area contributed by atoms with Gasteiger partial charge in [0, 0.05) is 10.8 Å². The SMILES string of the molecule is Cc1cccc2c(-c3ccc(-c4ccc5oc6ccccc6c5c4)cc3)c3c(ccc4ccccc43)c(-c3ccccc3)c12. The summed E-state index contributed by atoms with van der Waals surface area (Å²) in [5.41, 5.74) is 10.6. The molecule has 1 heterocycles. The van der Waals surface area contributed by atoms with E-state index in [2.05, 4.69) is 146 Å². The largest absolute Gasteiger partial charge is 0.456 e. The molecule has 0 fully saturated rings. The van der Waals surface area contributed by atoms with Crippen LogP contribution in [0.5, 0.6) is 0 Å². The second-order valence-corrected chi connectivity index (χ2v) is 11.7. The predicted molar refractivity (Wildman–Crippen MR) is 187 cm³/mol. The van der Waals surface area contributed by atoms with Crippen molar-refractivity contribution in [2.75, 3.05) is 0 Å². The second-order valence-electron chi connectivity index (χ2n) is 11.7. The Morgan fingerprint density at radius 2 is 0.977 bits per heavy atom. The van der Waals surface area contributed by atoms with Crippen LogP contribution in [0.2, 0.25) is 0 Å². The van der Waals surface area contributed by atoms with E-state index in [1.54, 1.807) is 0 Å². The number of furan rings is 1. The number of para-hydroxylation sites is 1. The molecule has 0 atom stereocenters. The lowest BCUT2D eigenvalue weighted by molar-refractivity contribution is 0.669. The fourth-order valence-electron chi connectivity index (χ4n) is 7.17. The minimum absolute atomic E-state index is 0.922. The van der Waals surface area contributed by atoms with Gasteiger partial charge in [0.1, 0.15) is 11.2 Å². The molecule has 0 radical (unpaired) electrons.